The Hall–Kier alpha value is -2.10. The second kappa shape index (κ2) is 9.41. The van der Waals surface area contributed by atoms with E-state index in [-0.39, 0.29) is 17.1 Å². The SMILES string of the molecule is COc1ccc(CN2CC3(CCC(c4ccccc4)(N(C)C)CC3)N(CCP)C2=O)cc1. The van der Waals surface area contributed by atoms with E-state index in [1.807, 2.05) is 17.0 Å². The Bertz CT molecular complexity index is 908. The van der Waals surface area contributed by atoms with Gasteiger partial charge in [-0.25, -0.2) is 4.79 Å². The number of ether oxygens (including phenoxy) is 1. The van der Waals surface area contributed by atoms with Crippen molar-refractivity contribution in [2.45, 2.75) is 43.3 Å². The van der Waals surface area contributed by atoms with Crippen LogP contribution in [0.3, 0.4) is 0 Å². The third-order valence-electron chi connectivity index (χ3n) is 7.62. The molecule has 1 aliphatic carbocycles. The van der Waals surface area contributed by atoms with Crippen molar-refractivity contribution in [1.29, 1.82) is 0 Å². The Morgan fingerprint density at radius 2 is 1.66 bits per heavy atom. The molecule has 5 nitrogen and oxygen atoms in total. The molecule has 2 aromatic carbocycles. The molecule has 32 heavy (non-hydrogen) atoms. The zero-order valence-electron chi connectivity index (χ0n) is 19.6. The lowest BCUT2D eigenvalue weighted by atomic mass is 9.68. The Balaban J connectivity index is 1.55. The fourth-order valence-electron chi connectivity index (χ4n) is 5.72. The van der Waals surface area contributed by atoms with Crippen LogP contribution in [0.2, 0.25) is 0 Å². The van der Waals surface area contributed by atoms with E-state index in [4.69, 9.17) is 4.74 Å². The van der Waals surface area contributed by atoms with E-state index in [0.29, 0.717) is 6.54 Å². The lowest BCUT2D eigenvalue weighted by molar-refractivity contribution is 0.0264. The number of hydrogen-bond acceptors (Lipinski definition) is 3. The van der Waals surface area contributed by atoms with Crippen molar-refractivity contribution in [3.05, 3.63) is 65.7 Å². The van der Waals surface area contributed by atoms with Crippen molar-refractivity contribution >= 4 is 15.3 Å². The molecule has 6 heteroatoms. The summed E-state index contributed by atoms with van der Waals surface area (Å²) in [7, 11) is 8.87. The van der Waals surface area contributed by atoms with Gasteiger partial charge in [-0.3, -0.25) is 4.90 Å². The van der Waals surface area contributed by atoms with Gasteiger partial charge in [-0.2, -0.15) is 0 Å². The van der Waals surface area contributed by atoms with Crippen molar-refractivity contribution in [3.63, 3.8) is 0 Å². The number of carbonyl (C=O) groups is 1. The Morgan fingerprint density at radius 1 is 1.00 bits per heavy atom. The van der Waals surface area contributed by atoms with Gasteiger partial charge in [0.05, 0.1) is 12.6 Å². The molecule has 0 bridgehead atoms. The van der Waals surface area contributed by atoms with Crippen LogP contribution in [0.5, 0.6) is 5.75 Å². The van der Waals surface area contributed by atoms with Gasteiger partial charge in [-0.05, 0) is 69.2 Å². The van der Waals surface area contributed by atoms with Crippen LogP contribution in [0.25, 0.3) is 0 Å². The quantitative estimate of drug-likeness (QED) is 0.576. The third-order valence-corrected chi connectivity index (χ3v) is 7.88. The fourth-order valence-corrected chi connectivity index (χ4v) is 5.98. The summed E-state index contributed by atoms with van der Waals surface area (Å²) < 4.78 is 5.28. The summed E-state index contributed by atoms with van der Waals surface area (Å²) in [5.41, 5.74) is 2.49. The molecule has 1 aliphatic heterocycles. The number of rotatable bonds is 7. The number of methoxy groups -OCH3 is 1. The smallest absolute Gasteiger partial charge is 0.320 e. The van der Waals surface area contributed by atoms with Crippen molar-refractivity contribution in [2.75, 3.05) is 40.5 Å². The number of hydrogen-bond donors (Lipinski definition) is 0. The van der Waals surface area contributed by atoms with E-state index in [1.165, 1.54) is 5.56 Å². The first-order chi connectivity index (χ1) is 15.4. The summed E-state index contributed by atoms with van der Waals surface area (Å²) in [6.45, 7) is 2.25. The molecular weight excluding hydrogens is 417 g/mol. The Kier molecular flexibility index (Phi) is 6.78. The van der Waals surface area contributed by atoms with Crippen LogP contribution in [0.1, 0.15) is 36.8 Å². The second-order valence-corrected chi connectivity index (χ2v) is 10.0. The van der Waals surface area contributed by atoms with Gasteiger partial charge in [0, 0.05) is 25.2 Å². The van der Waals surface area contributed by atoms with Gasteiger partial charge in [0.25, 0.3) is 0 Å². The van der Waals surface area contributed by atoms with E-state index in [0.717, 1.165) is 56.2 Å². The molecule has 1 unspecified atom stereocenters. The van der Waals surface area contributed by atoms with Gasteiger partial charge >= 0.3 is 6.03 Å². The molecule has 2 aromatic rings. The monoisotopic (exact) mass is 453 g/mol. The molecule has 1 atom stereocenters. The third kappa shape index (κ3) is 4.13. The van der Waals surface area contributed by atoms with Crippen molar-refractivity contribution in [1.82, 2.24) is 14.7 Å². The highest BCUT2D eigenvalue weighted by Crippen LogP contribution is 2.49. The van der Waals surface area contributed by atoms with Gasteiger partial charge in [0.15, 0.2) is 0 Å². The summed E-state index contributed by atoms with van der Waals surface area (Å²) in [6.07, 6.45) is 5.06. The van der Waals surface area contributed by atoms with Crippen molar-refractivity contribution in [3.8, 4) is 5.75 Å². The molecule has 2 amide bonds. The standard InChI is InChI=1S/C26H36N3O2P/c1-27(2)26(22-7-5-4-6-8-22)15-13-25(14-16-26)20-28(24(30)29(25)17-18-32)19-21-9-11-23(31-3)12-10-21/h4-12H,13-20,32H2,1-3H3. The number of nitrogens with zero attached hydrogens (tertiary/aromatic N) is 3. The van der Waals surface area contributed by atoms with Crippen molar-refractivity contribution < 1.29 is 9.53 Å². The molecule has 1 spiro atoms. The van der Waals surface area contributed by atoms with Crippen LogP contribution in [0.15, 0.2) is 54.6 Å². The van der Waals surface area contributed by atoms with E-state index >= 15 is 0 Å². The predicted molar refractivity (Wildman–Crippen MR) is 133 cm³/mol. The molecule has 0 radical (unpaired) electrons. The first-order valence-corrected chi connectivity index (χ1v) is 12.4. The van der Waals surface area contributed by atoms with Crippen LogP contribution in [-0.4, -0.2) is 66.7 Å². The maximum absolute atomic E-state index is 13.5. The summed E-state index contributed by atoms with van der Waals surface area (Å²) >= 11 is 0. The molecule has 1 saturated heterocycles. The zero-order chi connectivity index (χ0) is 22.8. The molecule has 172 valence electrons. The predicted octanol–water partition coefficient (Wildman–Crippen LogP) is 4.58. The minimum Gasteiger partial charge on any atom is -0.497 e. The molecule has 4 rings (SSSR count). The average Bonchev–Trinajstić information content (AvgIpc) is 3.06. The van der Waals surface area contributed by atoms with E-state index in [1.54, 1.807) is 7.11 Å². The molecule has 1 saturated carbocycles. The lowest BCUT2D eigenvalue weighted by Crippen LogP contribution is -2.55. The maximum atomic E-state index is 13.5. The average molecular weight is 454 g/mol. The van der Waals surface area contributed by atoms with Crippen LogP contribution < -0.4 is 4.74 Å². The normalized spacial score (nSPS) is 25.7. The molecule has 0 N–H and O–H groups in total. The van der Waals surface area contributed by atoms with Crippen LogP contribution in [0.4, 0.5) is 4.79 Å². The van der Waals surface area contributed by atoms with Gasteiger partial charge in [-0.15, -0.1) is 9.24 Å². The summed E-state index contributed by atoms with van der Waals surface area (Å²) in [5.74, 6) is 0.843. The molecular formula is C26H36N3O2P. The number of amides is 2. The van der Waals surface area contributed by atoms with Crippen LogP contribution >= 0.6 is 9.24 Å². The topological polar surface area (TPSA) is 36.0 Å². The van der Waals surface area contributed by atoms with Gasteiger partial charge in [0.1, 0.15) is 5.75 Å². The maximum Gasteiger partial charge on any atom is 0.320 e. The first-order valence-electron chi connectivity index (χ1n) is 11.6. The highest BCUT2D eigenvalue weighted by molar-refractivity contribution is 7.16. The van der Waals surface area contributed by atoms with Gasteiger partial charge in [-0.1, -0.05) is 42.5 Å². The Morgan fingerprint density at radius 3 is 2.22 bits per heavy atom. The van der Waals surface area contributed by atoms with E-state index in [2.05, 4.69) is 75.6 Å². The largest absolute Gasteiger partial charge is 0.497 e. The van der Waals surface area contributed by atoms with Crippen LogP contribution in [0, 0.1) is 0 Å². The summed E-state index contributed by atoms with van der Waals surface area (Å²) in [4.78, 5) is 20.1. The van der Waals surface area contributed by atoms with E-state index in [9.17, 15) is 4.79 Å². The zero-order valence-corrected chi connectivity index (χ0v) is 20.7. The summed E-state index contributed by atoms with van der Waals surface area (Å²) in [6, 6.07) is 19.1. The first kappa shape index (κ1) is 23.1. The number of benzene rings is 2. The van der Waals surface area contributed by atoms with Gasteiger partial charge < -0.3 is 14.5 Å². The Labute approximate surface area is 194 Å². The molecule has 2 aliphatic rings. The minimum absolute atomic E-state index is 0.0333. The van der Waals surface area contributed by atoms with Gasteiger partial charge in [0.2, 0.25) is 0 Å². The van der Waals surface area contributed by atoms with E-state index < -0.39 is 0 Å². The number of carbonyl (C=O) groups excluding carboxylic acids is 1. The van der Waals surface area contributed by atoms with Crippen LogP contribution in [-0.2, 0) is 12.1 Å². The number of urea groups is 1. The minimum atomic E-state index is -0.0750. The van der Waals surface area contributed by atoms with Crippen molar-refractivity contribution in [2.24, 2.45) is 0 Å². The molecule has 1 heterocycles. The lowest BCUT2D eigenvalue weighted by Gasteiger charge is -2.51. The highest BCUT2D eigenvalue weighted by atomic mass is 31.0. The summed E-state index contributed by atoms with van der Waals surface area (Å²) in [5, 5.41) is 0. The molecule has 0 aromatic heterocycles. The molecule has 2 fully saturated rings. The fraction of sp³-hybridized carbons (Fsp3) is 0.500. The highest BCUT2D eigenvalue weighted by Gasteiger charge is 2.54. The second-order valence-electron chi connectivity index (χ2n) is 9.44.